The predicted molar refractivity (Wildman–Crippen MR) is 116 cm³/mol. The third-order valence-corrected chi connectivity index (χ3v) is 4.76. The van der Waals surface area contributed by atoms with E-state index >= 15 is 0 Å². The normalized spacial score (nSPS) is 10.8. The first-order valence-electron chi connectivity index (χ1n) is 9.61. The molecule has 0 saturated carbocycles. The SMILES string of the molecule is Cc1ccc(NC(=O)c2cc(NCCc3c[nH]c4ccccc34)nc(C)n2)cc1. The van der Waals surface area contributed by atoms with Crippen LogP contribution in [-0.2, 0) is 6.42 Å². The monoisotopic (exact) mass is 385 g/mol. The maximum absolute atomic E-state index is 12.6. The number of nitrogens with one attached hydrogen (secondary N) is 3. The van der Waals surface area contributed by atoms with Crippen molar-refractivity contribution in [2.24, 2.45) is 0 Å². The third-order valence-electron chi connectivity index (χ3n) is 4.76. The highest BCUT2D eigenvalue weighted by Crippen LogP contribution is 2.18. The highest BCUT2D eigenvalue weighted by atomic mass is 16.1. The molecule has 3 N–H and O–H groups in total. The lowest BCUT2D eigenvalue weighted by molar-refractivity contribution is 0.102. The fourth-order valence-corrected chi connectivity index (χ4v) is 3.27. The number of carbonyl (C=O) groups excluding carboxylic acids is 1. The Bertz CT molecular complexity index is 1150. The van der Waals surface area contributed by atoms with Crippen LogP contribution in [0.25, 0.3) is 10.9 Å². The van der Waals surface area contributed by atoms with Crippen molar-refractivity contribution < 1.29 is 4.79 Å². The van der Waals surface area contributed by atoms with Crippen LogP contribution in [0, 0.1) is 13.8 Å². The number of anilines is 2. The van der Waals surface area contributed by atoms with Gasteiger partial charge in [-0.2, -0.15) is 0 Å². The number of rotatable bonds is 6. The van der Waals surface area contributed by atoms with E-state index in [1.54, 1.807) is 13.0 Å². The molecule has 0 aliphatic carbocycles. The van der Waals surface area contributed by atoms with Gasteiger partial charge in [-0.3, -0.25) is 4.79 Å². The van der Waals surface area contributed by atoms with Crippen molar-refractivity contribution in [3.63, 3.8) is 0 Å². The Morgan fingerprint density at radius 3 is 2.66 bits per heavy atom. The first kappa shape index (κ1) is 18.7. The molecule has 29 heavy (non-hydrogen) atoms. The topological polar surface area (TPSA) is 82.7 Å². The van der Waals surface area contributed by atoms with E-state index in [9.17, 15) is 4.79 Å². The van der Waals surface area contributed by atoms with Gasteiger partial charge in [-0.15, -0.1) is 0 Å². The largest absolute Gasteiger partial charge is 0.370 e. The second-order valence-electron chi connectivity index (χ2n) is 7.04. The number of para-hydroxylation sites is 1. The van der Waals surface area contributed by atoms with Crippen molar-refractivity contribution in [2.45, 2.75) is 20.3 Å². The molecule has 0 aliphatic heterocycles. The highest BCUT2D eigenvalue weighted by molar-refractivity contribution is 6.03. The van der Waals surface area contributed by atoms with Crippen molar-refractivity contribution in [2.75, 3.05) is 17.2 Å². The van der Waals surface area contributed by atoms with Gasteiger partial charge in [0.1, 0.15) is 17.3 Å². The van der Waals surface area contributed by atoms with E-state index in [2.05, 4.69) is 37.7 Å². The van der Waals surface area contributed by atoms with Crippen molar-refractivity contribution in [1.29, 1.82) is 0 Å². The highest BCUT2D eigenvalue weighted by Gasteiger charge is 2.11. The van der Waals surface area contributed by atoms with Crippen LogP contribution >= 0.6 is 0 Å². The minimum atomic E-state index is -0.251. The number of hydrogen-bond acceptors (Lipinski definition) is 4. The number of benzene rings is 2. The van der Waals surface area contributed by atoms with Gasteiger partial charge >= 0.3 is 0 Å². The summed E-state index contributed by atoms with van der Waals surface area (Å²) in [6, 6.07) is 17.6. The number of nitrogens with zero attached hydrogens (tertiary/aromatic N) is 2. The molecule has 0 spiro atoms. The molecular formula is C23H23N5O. The number of amides is 1. The van der Waals surface area contributed by atoms with Crippen molar-refractivity contribution in [1.82, 2.24) is 15.0 Å². The summed E-state index contributed by atoms with van der Waals surface area (Å²) in [5, 5.41) is 7.42. The van der Waals surface area contributed by atoms with E-state index in [-0.39, 0.29) is 5.91 Å². The molecule has 0 radical (unpaired) electrons. The molecule has 146 valence electrons. The molecule has 6 heteroatoms. The van der Waals surface area contributed by atoms with E-state index in [0.717, 1.165) is 23.2 Å². The summed E-state index contributed by atoms with van der Waals surface area (Å²) in [5.41, 5.74) is 4.60. The zero-order valence-electron chi connectivity index (χ0n) is 16.5. The maximum atomic E-state index is 12.6. The molecule has 4 aromatic rings. The number of H-pyrrole nitrogens is 1. The Morgan fingerprint density at radius 2 is 1.83 bits per heavy atom. The van der Waals surface area contributed by atoms with Gasteiger partial charge < -0.3 is 15.6 Å². The fraction of sp³-hybridized carbons (Fsp3) is 0.174. The summed E-state index contributed by atoms with van der Waals surface area (Å²) in [4.78, 5) is 24.6. The van der Waals surface area contributed by atoms with Gasteiger partial charge in [0.05, 0.1) is 0 Å². The van der Waals surface area contributed by atoms with Crippen molar-refractivity contribution in [3.8, 4) is 0 Å². The molecule has 2 aromatic carbocycles. The van der Waals surface area contributed by atoms with Gasteiger partial charge in [-0.25, -0.2) is 9.97 Å². The van der Waals surface area contributed by atoms with Crippen LogP contribution in [0.2, 0.25) is 0 Å². The summed E-state index contributed by atoms with van der Waals surface area (Å²) >= 11 is 0. The van der Waals surface area contributed by atoms with Crippen LogP contribution < -0.4 is 10.6 Å². The lowest BCUT2D eigenvalue weighted by Gasteiger charge is -2.09. The Morgan fingerprint density at radius 1 is 1.03 bits per heavy atom. The Labute approximate surface area is 169 Å². The molecule has 0 bridgehead atoms. The smallest absolute Gasteiger partial charge is 0.274 e. The number of carbonyl (C=O) groups is 1. The summed E-state index contributed by atoms with van der Waals surface area (Å²) in [6.45, 7) is 4.50. The standard InChI is InChI=1S/C23H23N5O/c1-15-7-9-18(10-8-15)28-23(29)21-13-22(27-16(2)26-21)24-12-11-17-14-25-20-6-4-3-5-19(17)20/h3-10,13-14,25H,11-12H2,1-2H3,(H,28,29)(H,24,26,27). The zero-order chi connectivity index (χ0) is 20.2. The molecule has 4 rings (SSSR count). The van der Waals surface area contributed by atoms with Gasteiger partial charge in [-0.05, 0) is 44.0 Å². The van der Waals surface area contributed by atoms with E-state index in [1.807, 2.05) is 49.5 Å². The quantitative estimate of drug-likeness (QED) is 0.457. The number of aromatic nitrogens is 3. The Balaban J connectivity index is 1.42. The van der Waals surface area contributed by atoms with Crippen LogP contribution in [0.1, 0.15) is 27.4 Å². The zero-order valence-corrected chi connectivity index (χ0v) is 16.5. The number of aryl methyl sites for hydroxylation is 2. The molecule has 6 nitrogen and oxygen atoms in total. The third kappa shape index (κ3) is 4.43. The van der Waals surface area contributed by atoms with Crippen LogP contribution in [0.5, 0.6) is 0 Å². The van der Waals surface area contributed by atoms with E-state index < -0.39 is 0 Å². The Hall–Kier alpha value is -3.67. The van der Waals surface area contributed by atoms with E-state index in [4.69, 9.17) is 0 Å². The summed E-state index contributed by atoms with van der Waals surface area (Å²) < 4.78 is 0. The van der Waals surface area contributed by atoms with Gasteiger partial charge in [0, 0.05) is 35.4 Å². The number of aromatic amines is 1. The average molecular weight is 385 g/mol. The molecule has 2 heterocycles. The Kier molecular flexibility index (Phi) is 5.24. The van der Waals surface area contributed by atoms with Crippen LogP contribution in [-0.4, -0.2) is 27.4 Å². The van der Waals surface area contributed by atoms with E-state index in [1.165, 1.54) is 10.9 Å². The summed E-state index contributed by atoms with van der Waals surface area (Å²) in [5.74, 6) is 0.946. The molecule has 1 amide bonds. The van der Waals surface area contributed by atoms with Crippen molar-refractivity contribution in [3.05, 3.63) is 83.4 Å². The molecular weight excluding hydrogens is 362 g/mol. The first-order valence-corrected chi connectivity index (χ1v) is 9.61. The lowest BCUT2D eigenvalue weighted by atomic mass is 10.1. The van der Waals surface area contributed by atoms with Gasteiger partial charge in [0.25, 0.3) is 5.91 Å². The average Bonchev–Trinajstić information content (AvgIpc) is 3.12. The van der Waals surface area contributed by atoms with Crippen LogP contribution in [0.4, 0.5) is 11.5 Å². The van der Waals surface area contributed by atoms with Crippen LogP contribution in [0.3, 0.4) is 0 Å². The molecule has 0 fully saturated rings. The minimum absolute atomic E-state index is 0.251. The van der Waals surface area contributed by atoms with Crippen LogP contribution in [0.15, 0.2) is 60.8 Å². The predicted octanol–water partition coefficient (Wildman–Crippen LogP) is 4.48. The van der Waals surface area contributed by atoms with E-state index in [0.29, 0.717) is 23.9 Å². The number of hydrogen-bond donors (Lipinski definition) is 3. The van der Waals surface area contributed by atoms with Gasteiger partial charge in [0.2, 0.25) is 0 Å². The second kappa shape index (κ2) is 8.14. The molecule has 0 aliphatic rings. The first-order chi connectivity index (χ1) is 14.1. The molecule has 2 aromatic heterocycles. The minimum Gasteiger partial charge on any atom is -0.370 e. The maximum Gasteiger partial charge on any atom is 0.274 e. The second-order valence-corrected chi connectivity index (χ2v) is 7.04. The number of fused-ring (bicyclic) bond motifs is 1. The fourth-order valence-electron chi connectivity index (χ4n) is 3.27. The molecule has 0 atom stereocenters. The summed E-state index contributed by atoms with van der Waals surface area (Å²) in [6.07, 6.45) is 2.88. The lowest BCUT2D eigenvalue weighted by Crippen LogP contribution is -2.16. The van der Waals surface area contributed by atoms with Gasteiger partial charge in [0.15, 0.2) is 0 Å². The summed E-state index contributed by atoms with van der Waals surface area (Å²) in [7, 11) is 0. The van der Waals surface area contributed by atoms with Gasteiger partial charge in [-0.1, -0.05) is 35.9 Å². The molecule has 0 unspecified atom stereocenters. The van der Waals surface area contributed by atoms with Crippen molar-refractivity contribution >= 4 is 28.3 Å². The molecule has 0 saturated heterocycles.